The fourth-order valence-electron chi connectivity index (χ4n) is 15.2. The van der Waals surface area contributed by atoms with Crippen LogP contribution in [-0.2, 0) is 16.2 Å². The maximum Gasteiger partial charge on any atom is 0.252 e. The molecule has 0 bridgehead atoms. The number of anilines is 6. The summed E-state index contributed by atoms with van der Waals surface area (Å²) in [5, 5.41) is 9.12. The van der Waals surface area contributed by atoms with Gasteiger partial charge < -0.3 is 14.4 Å². The van der Waals surface area contributed by atoms with Crippen molar-refractivity contribution in [1.82, 2.24) is 4.57 Å². The van der Waals surface area contributed by atoms with Crippen LogP contribution >= 0.6 is 0 Å². The Kier molecular flexibility index (Phi) is 11.7. The molecule has 15 aromatic rings. The molecule has 14 aromatic carbocycles. The molecule has 442 valence electrons. The van der Waals surface area contributed by atoms with Gasteiger partial charge in [0.2, 0.25) is 0 Å². The van der Waals surface area contributed by atoms with E-state index in [2.05, 4.69) is 331 Å². The second-order valence-corrected chi connectivity index (χ2v) is 28.6. The molecular weight excluding hydrogens is 1110 g/mol. The molecule has 3 heterocycles. The zero-order valence-electron chi connectivity index (χ0n) is 56.7. The highest BCUT2D eigenvalue weighted by Gasteiger charge is 2.46. The zero-order valence-corrected chi connectivity index (χ0v) is 53.7. The molecule has 2 aliphatic rings. The Labute approximate surface area is 545 Å². The predicted octanol–water partition coefficient (Wildman–Crippen LogP) is 22.3. The van der Waals surface area contributed by atoms with Crippen LogP contribution in [0, 0.1) is 0 Å². The summed E-state index contributed by atoms with van der Waals surface area (Å²) in [6.45, 7) is 20.1. The van der Waals surface area contributed by atoms with E-state index in [0.29, 0.717) is 16.8 Å². The van der Waals surface area contributed by atoms with Crippen LogP contribution in [0.3, 0.4) is 0 Å². The van der Waals surface area contributed by atoms with Crippen molar-refractivity contribution < 1.29 is 4.11 Å². The van der Waals surface area contributed by atoms with E-state index >= 15 is 0 Å². The molecule has 0 radical (unpaired) electrons. The van der Waals surface area contributed by atoms with Gasteiger partial charge in [-0.2, -0.15) is 0 Å². The molecule has 0 saturated heterocycles. The third kappa shape index (κ3) is 8.63. The largest absolute Gasteiger partial charge is 0.310 e. The lowest BCUT2D eigenvalue weighted by Crippen LogP contribution is -2.61. The normalized spacial score (nSPS) is 13.7. The quantitative estimate of drug-likeness (QED) is 0.116. The second-order valence-electron chi connectivity index (χ2n) is 28.6. The van der Waals surface area contributed by atoms with Crippen molar-refractivity contribution in [2.24, 2.45) is 0 Å². The van der Waals surface area contributed by atoms with Gasteiger partial charge in [0.05, 0.1) is 26.5 Å². The summed E-state index contributed by atoms with van der Waals surface area (Å²) < 4.78 is 36.0. The van der Waals surface area contributed by atoms with Gasteiger partial charge in [-0.05, 0) is 171 Å². The van der Waals surface area contributed by atoms with Gasteiger partial charge in [0.15, 0.2) is 0 Å². The molecule has 1 aromatic heterocycles. The van der Waals surface area contributed by atoms with Crippen LogP contribution in [-0.4, -0.2) is 11.3 Å². The summed E-state index contributed by atoms with van der Waals surface area (Å²) in [5.74, 6) is 0. The molecule has 0 amide bonds. The first-order valence-corrected chi connectivity index (χ1v) is 32.5. The molecule has 0 saturated carbocycles. The van der Waals surface area contributed by atoms with Crippen LogP contribution < -0.4 is 26.2 Å². The van der Waals surface area contributed by atoms with Crippen LogP contribution in [0.2, 0.25) is 0 Å². The van der Waals surface area contributed by atoms with Gasteiger partial charge in [-0.3, -0.25) is 0 Å². The van der Waals surface area contributed by atoms with Gasteiger partial charge in [0, 0.05) is 61.5 Å². The van der Waals surface area contributed by atoms with E-state index in [1.54, 1.807) is 0 Å². The van der Waals surface area contributed by atoms with Gasteiger partial charge in [0.25, 0.3) is 6.71 Å². The Balaban J connectivity index is 1.07. The lowest BCUT2D eigenvalue weighted by Gasteiger charge is -2.46. The van der Waals surface area contributed by atoms with E-state index in [1.165, 1.54) is 32.7 Å². The highest BCUT2D eigenvalue weighted by molar-refractivity contribution is 7.00. The third-order valence-electron chi connectivity index (χ3n) is 19.8. The van der Waals surface area contributed by atoms with E-state index in [4.69, 9.17) is 0 Å². The molecule has 0 N–H and O–H groups in total. The highest BCUT2D eigenvalue weighted by atomic mass is 15.2. The van der Waals surface area contributed by atoms with Crippen LogP contribution in [0.1, 0.15) is 83.1 Å². The van der Waals surface area contributed by atoms with Crippen molar-refractivity contribution in [2.75, 3.05) is 9.80 Å². The van der Waals surface area contributed by atoms with E-state index < -0.39 is 12.1 Å². The molecule has 0 atom stereocenters. The molecule has 2 aliphatic heterocycles. The van der Waals surface area contributed by atoms with Crippen LogP contribution in [0.5, 0.6) is 0 Å². The van der Waals surface area contributed by atoms with Crippen molar-refractivity contribution >= 4 is 111 Å². The molecule has 3 nitrogen and oxygen atoms in total. The van der Waals surface area contributed by atoms with Crippen LogP contribution in [0.25, 0.3) is 104 Å². The number of rotatable bonds is 7. The Morgan fingerprint density at radius 1 is 0.326 bits per heavy atom. The third-order valence-corrected chi connectivity index (χ3v) is 19.8. The summed E-state index contributed by atoms with van der Waals surface area (Å²) in [6.07, 6.45) is 0. The second kappa shape index (κ2) is 20.6. The van der Waals surface area contributed by atoms with Crippen molar-refractivity contribution in [1.29, 1.82) is 0 Å². The summed E-state index contributed by atoms with van der Waals surface area (Å²) in [4.78, 5) is 4.96. The molecule has 0 fully saturated rings. The van der Waals surface area contributed by atoms with Gasteiger partial charge in [-0.25, -0.2) is 0 Å². The smallest absolute Gasteiger partial charge is 0.252 e. The lowest BCUT2D eigenvalue weighted by atomic mass is 9.33. The van der Waals surface area contributed by atoms with E-state index in [9.17, 15) is 4.11 Å². The predicted molar refractivity (Wildman–Crippen MR) is 396 cm³/mol. The average molecular weight is 1190 g/mol. The Hall–Kier alpha value is -10.4. The summed E-state index contributed by atoms with van der Waals surface area (Å²) in [7, 11) is 0. The molecule has 4 heteroatoms. The molecule has 92 heavy (non-hydrogen) atoms. The number of fused-ring (bicyclic) bond motifs is 8. The minimum Gasteiger partial charge on any atom is -0.310 e. The average Bonchev–Trinajstić information content (AvgIpc) is 1.38. The molecule has 0 unspecified atom stereocenters. The fourth-order valence-corrected chi connectivity index (χ4v) is 15.2. The van der Waals surface area contributed by atoms with Crippen molar-refractivity contribution in [3.8, 4) is 50.2 Å². The summed E-state index contributed by atoms with van der Waals surface area (Å²) in [5.41, 5.74) is 21.4. The number of para-hydroxylation sites is 2. The first-order chi connectivity index (χ1) is 45.8. The fraction of sp³-hybridized carbons (Fsp3) is 0.136. The first-order valence-electron chi connectivity index (χ1n) is 34.0. The zero-order chi connectivity index (χ0) is 65.1. The number of hydrogen-bond acceptors (Lipinski definition) is 2. The van der Waals surface area contributed by atoms with Crippen molar-refractivity contribution in [2.45, 2.75) is 78.6 Å². The van der Waals surface area contributed by atoms with Gasteiger partial charge >= 0.3 is 0 Å². The molecule has 17 rings (SSSR count). The number of hydrogen-bond donors (Lipinski definition) is 0. The molecule has 0 spiro atoms. The van der Waals surface area contributed by atoms with E-state index in [1.807, 2.05) is 0 Å². The maximum atomic E-state index is 11.7. The van der Waals surface area contributed by atoms with Gasteiger partial charge in [-0.1, -0.05) is 269 Å². The minimum absolute atomic E-state index is 0.00259. The number of nitrogens with zero attached hydrogens (tertiary/aromatic N) is 3. The molecule has 0 aliphatic carbocycles. The summed E-state index contributed by atoms with van der Waals surface area (Å²) in [6, 6.07) is 93.1. The Morgan fingerprint density at radius 2 is 0.772 bits per heavy atom. The Bertz CT molecular complexity index is 5500. The van der Waals surface area contributed by atoms with Gasteiger partial charge in [0.1, 0.15) is 0 Å². The Morgan fingerprint density at radius 3 is 1.29 bits per heavy atom. The number of benzene rings is 14. The van der Waals surface area contributed by atoms with E-state index in [-0.39, 0.29) is 29.0 Å². The van der Waals surface area contributed by atoms with Crippen LogP contribution in [0.15, 0.2) is 273 Å². The minimum atomic E-state index is -0.593. The first kappa shape index (κ1) is 52.4. The highest BCUT2D eigenvalue weighted by Crippen LogP contribution is 2.55. The van der Waals surface area contributed by atoms with Gasteiger partial charge in [-0.15, -0.1) is 0 Å². The number of aromatic nitrogens is 1. The standard InChI is InChI=1S/C88H72BN3/c1-86(2,3)62-48-68(55-27-14-10-15-28-55)84(69(49-62)56-29-16-11-17-30-56)91-75-40-25-23-38-72(75)89-73-46-44-65(90-74-39-24-22-37-66(74)82-67-45-43-60-36-26-35-59-41-42-61(47-77(82)90)81(67)80(59)60)54-76(73)92(79-53-64(88(7,8)9)52-78(91)83(79)89)85-70(57-31-18-12-19-32-57)50-63(87(4,5)6)51-71(85)58-33-20-13-21-34-58/h10-54H,1-9H3/i44D,46D,54D. The topological polar surface area (TPSA) is 11.4 Å². The lowest BCUT2D eigenvalue weighted by molar-refractivity contribution is 0.590. The van der Waals surface area contributed by atoms with Crippen molar-refractivity contribution in [3.63, 3.8) is 0 Å². The summed E-state index contributed by atoms with van der Waals surface area (Å²) >= 11 is 0. The SMILES string of the molecule is [2H]c1c([2H])c(-n2c3ccccc3c3c4ccc5cccc6ccc(cc32)c4c65)c([2H])c2c1B1c3ccccc3N(c3c(-c4ccccc4)cc(C(C)(C)C)cc3-c3ccccc3)c3cc(C(C)(C)C)cc(c31)N2c1c(-c2ccccc2)cc(C(C)(C)C)cc1-c1ccccc1. The maximum absolute atomic E-state index is 11.7. The van der Waals surface area contributed by atoms with E-state index in [0.717, 1.165) is 122 Å². The monoisotopic (exact) mass is 1180 g/mol. The van der Waals surface area contributed by atoms with Crippen LogP contribution in [0.4, 0.5) is 34.1 Å². The molecular formula is C88H72BN3. The van der Waals surface area contributed by atoms with Crippen molar-refractivity contribution in [3.05, 3.63) is 290 Å².